The minimum atomic E-state index is -0.562. The maximum atomic E-state index is 12.2. The van der Waals surface area contributed by atoms with Crippen LogP contribution in [0.25, 0.3) is 0 Å². The topological polar surface area (TPSA) is 523 Å². The monoisotopic (exact) mass is 1960 g/mol. The molecule has 8 aliphatic carbocycles. The van der Waals surface area contributed by atoms with Crippen molar-refractivity contribution < 1.29 is 114 Å². The van der Waals surface area contributed by atoms with E-state index in [1.165, 1.54) is 83.4 Å². The average Bonchev–Trinajstić information content (AvgIpc) is 1.62. The minimum absolute atomic E-state index is 0. The number of carbonyl (C=O) groups is 7. The van der Waals surface area contributed by atoms with E-state index >= 15 is 0 Å². The number of piperazine rings is 2. The number of ketones is 1. The zero-order valence-corrected chi connectivity index (χ0v) is 81.0. The number of aryl methyl sites for hydroxylation is 4. The molecule has 3 fully saturated rings. The number of hydrogen-bond acceptors (Lipinski definition) is 33. The summed E-state index contributed by atoms with van der Waals surface area (Å²) in [6.07, 6.45) is 28.2. The molecule has 2 saturated heterocycles. The number of fused-ring (bicyclic) bond motifs is 7. The van der Waals surface area contributed by atoms with Crippen molar-refractivity contribution in [1.82, 2.24) is 74.6 Å². The molecule has 0 radical (unpaired) electrons. The molecule has 0 aromatic carbocycles. The Labute approximate surface area is 820 Å². The number of rotatable bonds is 4. The van der Waals surface area contributed by atoms with Gasteiger partial charge in [-0.15, -0.1) is 12.4 Å². The Kier molecular flexibility index (Phi) is 48.6. The number of carbonyl (C=O) groups excluding carboxylic acids is 9. The van der Waals surface area contributed by atoms with Gasteiger partial charge in [0, 0.05) is 194 Å². The van der Waals surface area contributed by atoms with Gasteiger partial charge in [0.25, 0.3) is 17.4 Å². The average molecular weight is 1970 g/mol. The molecule has 9 heterocycles. The molecule has 4 atom stereocenters. The number of anilines is 2. The fraction of sp³-hybridized carbons (Fsp3) is 0.560. The van der Waals surface area contributed by atoms with E-state index in [4.69, 9.17) is 80.3 Å². The predicted octanol–water partition coefficient (Wildman–Crippen LogP) is 9.92. The number of nitrogens with zero attached hydrogens (tertiary/aromatic N) is 15. The molecule has 7 aromatic rings. The van der Waals surface area contributed by atoms with Crippen molar-refractivity contribution in [2.24, 2.45) is 24.4 Å². The Hall–Kier alpha value is -9.26. The zero-order valence-electron chi connectivity index (χ0n) is 74.7. The molecular formula is C84H114ArCl4N21O17S3+. The third-order valence-corrected chi connectivity index (χ3v) is 21.8. The Morgan fingerprint density at radius 1 is 0.523 bits per heavy atom. The van der Waals surface area contributed by atoms with Crippen LogP contribution < -0.4 is 37.0 Å². The summed E-state index contributed by atoms with van der Waals surface area (Å²) in [6, 6.07) is 0. The van der Waals surface area contributed by atoms with Gasteiger partial charge in [-0.3, -0.25) is 38.5 Å². The number of aliphatic hydroxyl groups is 1. The maximum Gasteiger partial charge on any atom is 0.410 e. The van der Waals surface area contributed by atoms with Crippen LogP contribution in [0.15, 0.2) is 47.6 Å². The minimum Gasteiger partial charge on any atom is -0.456 e. The number of aliphatic hydroxyl groups excluding tert-OH is 1. The van der Waals surface area contributed by atoms with E-state index in [0.29, 0.717) is 90.7 Å². The van der Waals surface area contributed by atoms with Crippen molar-refractivity contribution in [3.8, 4) is 0 Å². The summed E-state index contributed by atoms with van der Waals surface area (Å²) in [7, 11) is 2.02. The fourth-order valence-corrected chi connectivity index (χ4v) is 16.0. The van der Waals surface area contributed by atoms with Crippen LogP contribution in [0.2, 0.25) is 15.5 Å². The number of Topliss-reactive ketones (excluding diaryl/α,β-unsaturated/α-hetero) is 1. The SMILES string of the molecule is CC(=O)OC(C)=O.CC(=O)OC1CCc2c(Cl)ncnc21.CC(=O)OC1CCc2c1ncnc2N1CCN(C(=O)OC(C)(C)C)CC1.CC(C)(C)OC(=O)N1CCN(c2ncnc3c2CCC3O)CC1.CC1CCCC1=O.C[n+]1cnc(Cl)c2c1CCC2.Cl.Clc1ncnc2c1CCC2.N=S.NC(N)=S.O=C=O.O=c1[nH]c(=S)[nH]c2c1CCC2.O=c1[nH]cnc2c1CCC2.[Ar]. The standard InChI is InChI=1S/C18H26N4O4.C16H24N4O3.C9H9ClN2O2.C8H10ClN2.C7H7ClN2.C7H8N2OS.C7H8N2O.C6H10O.C4H6O3.CH4N2S.CO2.Ar.ClH.HNS/c1-12(23)25-14-6-5-13-15(14)19-11-20-16(13)21-7-9-22(10-8-21)17(24)26-18(2,3)4;1-16(2,3)23-15(22)20-8-6-19(7-9-20)14-11-4-5-12(21)13(11)17-10-18-14;1-5(13)14-7-3-2-6-8(7)11-4-12-9(6)10;1-11-5-10-8(9)6-3-2-4-7(6)11;8-7-5-2-1-3-6(5)9-4-10-7;10-6-4-2-1-3-5(4)8-7(11)9-6;10-7-5-2-1-3-6(5)8-4-9-7;1-5-3-2-4-6(5)7;1-3(5)7-4(2)6;2-1(3)4;2-1-3;;;1-2/h11,14H,5-10H2,1-4H3;10,12,21H,4-9H2,1-3H3;4,7H,2-3H2,1H3;5H,2-4H2,1H3;4H,1-3H2;1-3H2,(H2,8,9,10,11);4H,1-3H2,(H,8,9,10);5H,2-4H2,1H3;1-2H3;(H4,2,3,4);;;1H;1H/q;;;+1;;;;;;;;;;. The first-order valence-electron chi connectivity index (χ1n) is 41.7. The molecule has 17 rings (SSSR count). The van der Waals surface area contributed by atoms with Crippen LogP contribution in [0.5, 0.6) is 0 Å². The number of halogens is 4. The second-order valence-corrected chi connectivity index (χ2v) is 34.3. The Bertz CT molecular complexity index is 5180. The van der Waals surface area contributed by atoms with Crippen LogP contribution in [0, 0.1) is 53.2 Å². The van der Waals surface area contributed by atoms with Gasteiger partial charge >= 0.3 is 42.2 Å². The molecular weight excluding hydrogens is 1850 g/mol. The maximum absolute atomic E-state index is 12.2. The van der Waals surface area contributed by atoms with Gasteiger partial charge in [-0.25, -0.2) is 63.8 Å². The first-order valence-corrected chi connectivity index (χ1v) is 44.0. The van der Waals surface area contributed by atoms with Crippen molar-refractivity contribution in [3.05, 3.63) is 158 Å². The zero-order chi connectivity index (χ0) is 94.7. The third-order valence-electron chi connectivity index (χ3n) is 20.6. The second-order valence-electron chi connectivity index (χ2n) is 32.3. The summed E-state index contributed by atoms with van der Waals surface area (Å²) in [5.41, 5.74) is 22.3. The molecule has 7 aromatic heterocycles. The van der Waals surface area contributed by atoms with Crippen LogP contribution in [0.4, 0.5) is 21.2 Å². The molecule has 46 heteroatoms. The fourth-order valence-electron chi connectivity index (χ4n) is 15.0. The van der Waals surface area contributed by atoms with Gasteiger partial charge in [0.1, 0.15) is 82.1 Å². The normalized spacial score (nSPS) is 17.1. The van der Waals surface area contributed by atoms with Gasteiger partial charge in [0.15, 0.2) is 9.88 Å². The van der Waals surface area contributed by atoms with E-state index in [-0.39, 0.29) is 109 Å². The summed E-state index contributed by atoms with van der Waals surface area (Å²) < 4.78 is 33.1. The molecule has 10 aliphatic rings. The van der Waals surface area contributed by atoms with E-state index in [1.54, 1.807) is 16.1 Å². The molecule has 9 N–H and O–H groups in total. The van der Waals surface area contributed by atoms with Gasteiger partial charge in [-0.2, -0.15) is 9.59 Å². The number of nitrogens with one attached hydrogen (secondary N) is 4. The first kappa shape index (κ1) is 113. The quantitative estimate of drug-likeness (QED) is 0.0215. The third kappa shape index (κ3) is 36.4. The van der Waals surface area contributed by atoms with Gasteiger partial charge in [-0.05, 0) is 205 Å². The van der Waals surface area contributed by atoms with Gasteiger partial charge in [0.05, 0.1) is 47.8 Å². The molecule has 38 nitrogen and oxygen atoms in total. The summed E-state index contributed by atoms with van der Waals surface area (Å²) in [5.74, 6) is 0.899. The van der Waals surface area contributed by atoms with Crippen molar-refractivity contribution in [2.75, 3.05) is 62.2 Å². The summed E-state index contributed by atoms with van der Waals surface area (Å²) in [4.78, 5) is 172. The van der Waals surface area contributed by atoms with Crippen molar-refractivity contribution in [1.29, 1.82) is 4.78 Å². The van der Waals surface area contributed by atoms with Gasteiger partial charge < -0.3 is 69.8 Å². The molecule has 2 amide bonds. The van der Waals surface area contributed by atoms with Crippen LogP contribution in [0.3, 0.4) is 0 Å². The number of hydrogen-bond donors (Lipinski definition) is 7. The van der Waals surface area contributed by atoms with Crippen LogP contribution in [-0.2, 0) is 147 Å². The molecule has 130 heavy (non-hydrogen) atoms. The number of aromatic amines is 3. The number of amides is 2. The number of nitrogens with two attached hydrogens (primary N) is 2. The van der Waals surface area contributed by atoms with Crippen LogP contribution in [-0.4, -0.2) is 196 Å². The van der Waals surface area contributed by atoms with E-state index in [2.05, 4.69) is 120 Å². The van der Waals surface area contributed by atoms with Crippen molar-refractivity contribution >= 4 is 149 Å². The molecule has 4 unspecified atom stereocenters. The summed E-state index contributed by atoms with van der Waals surface area (Å²) >= 11 is 29.9. The summed E-state index contributed by atoms with van der Waals surface area (Å²) in [6.45, 7) is 23.5. The molecule has 0 spiro atoms. The second kappa shape index (κ2) is 55.9. The largest absolute Gasteiger partial charge is 0.456 e. The van der Waals surface area contributed by atoms with E-state index in [0.717, 1.165) is 195 Å². The predicted molar refractivity (Wildman–Crippen MR) is 487 cm³/mol. The Morgan fingerprint density at radius 2 is 0.946 bits per heavy atom. The van der Waals surface area contributed by atoms with E-state index in [1.807, 2.05) is 55.5 Å². The van der Waals surface area contributed by atoms with Crippen LogP contribution in [0.1, 0.15) is 237 Å². The van der Waals surface area contributed by atoms with Crippen molar-refractivity contribution in [3.63, 3.8) is 0 Å². The van der Waals surface area contributed by atoms with Gasteiger partial charge in [0.2, 0.25) is 5.15 Å². The first-order chi connectivity index (χ1) is 60.7. The number of aromatic nitrogens is 14. The molecule has 2 aliphatic heterocycles. The number of H-pyrrole nitrogens is 3. The van der Waals surface area contributed by atoms with E-state index in [9.17, 15) is 48.3 Å². The number of thiocarbonyl (C=S) groups is 1. The van der Waals surface area contributed by atoms with Crippen molar-refractivity contribution in [2.45, 2.75) is 241 Å². The van der Waals surface area contributed by atoms with E-state index < -0.39 is 29.2 Å². The summed E-state index contributed by atoms with van der Waals surface area (Å²) in [5, 5.41) is 11.7. The Balaban J connectivity index is 0.000000311. The van der Waals surface area contributed by atoms with Gasteiger partial charge in [-0.1, -0.05) is 30.1 Å². The van der Waals surface area contributed by atoms with Crippen LogP contribution >= 0.6 is 71.6 Å². The molecule has 1 saturated carbocycles. The smallest absolute Gasteiger partial charge is 0.410 e. The number of ether oxygens (including phenoxy) is 5. The molecule has 710 valence electrons. The number of esters is 4. The Morgan fingerprint density at radius 3 is 1.40 bits per heavy atom. The molecule has 0 bridgehead atoms.